The molecule has 4 aromatic carbocycles. The van der Waals surface area contributed by atoms with Gasteiger partial charge in [0.15, 0.2) is 0 Å². The smallest absolute Gasteiger partial charge is 0.229 e. The number of hydrogen-bond donors (Lipinski definition) is 0. The summed E-state index contributed by atoms with van der Waals surface area (Å²) in [5.74, 6) is 4.46. The third-order valence-corrected chi connectivity index (χ3v) is 9.38. The third kappa shape index (κ3) is 2.90. The van der Waals surface area contributed by atoms with Gasteiger partial charge >= 0.3 is 5.91 Å². The normalized spacial score (nSPS) is 17.3. The largest absolute Gasteiger partial charge is 0.404 e. The van der Waals surface area contributed by atoms with Crippen LogP contribution in [0.2, 0.25) is 0 Å². The second kappa shape index (κ2) is 8.31. The van der Waals surface area contributed by atoms with Gasteiger partial charge in [-0.25, -0.2) is 8.42 Å². The fourth-order valence-electron chi connectivity index (χ4n) is 7.88. The van der Waals surface area contributed by atoms with Gasteiger partial charge in [0.25, 0.3) is 23.3 Å². The Hall–Kier alpha value is -5.81. The van der Waals surface area contributed by atoms with E-state index in [1.165, 1.54) is 0 Å². The van der Waals surface area contributed by atoms with E-state index in [2.05, 4.69) is 115 Å². The molecule has 8 heterocycles. The van der Waals surface area contributed by atoms with E-state index in [4.69, 9.17) is 20.0 Å². The molecule has 1 spiro atoms. The molecule has 11 heteroatoms. The molecule has 2 aromatic heterocycles. The summed E-state index contributed by atoms with van der Waals surface area (Å²) in [6.07, 6.45) is 2.32. The Labute approximate surface area is 268 Å². The Morgan fingerprint density at radius 3 is 1.32 bits per heavy atom. The van der Waals surface area contributed by atoms with Crippen LogP contribution in [0.15, 0.2) is 117 Å². The van der Waals surface area contributed by atoms with Crippen molar-refractivity contribution in [1.29, 1.82) is 0 Å². The van der Waals surface area contributed by atoms with Crippen molar-refractivity contribution in [2.75, 3.05) is 12.5 Å². The van der Waals surface area contributed by atoms with Gasteiger partial charge in [0, 0.05) is 34.1 Å². The molecule has 47 heavy (non-hydrogen) atoms. The average Bonchev–Trinajstić information content (AvgIpc) is 3.77. The molecule has 0 fully saturated rings. The summed E-state index contributed by atoms with van der Waals surface area (Å²) >= 11 is 0. The van der Waals surface area contributed by atoms with Crippen LogP contribution in [-0.4, -0.2) is 62.6 Å². The van der Waals surface area contributed by atoms with Crippen molar-refractivity contribution >= 4 is 66.4 Å². The van der Waals surface area contributed by atoms with Gasteiger partial charge in [-0.2, -0.15) is 9.13 Å². The molecule has 0 amide bonds. The topological polar surface area (TPSA) is 99.5 Å². The number of benzene rings is 4. The summed E-state index contributed by atoms with van der Waals surface area (Å²) in [6, 6.07) is 34.0. The van der Waals surface area contributed by atoms with E-state index in [0.717, 1.165) is 102 Å². The Bertz CT molecular complexity index is 2720. The van der Waals surface area contributed by atoms with Gasteiger partial charge in [0.1, 0.15) is 9.84 Å². The van der Waals surface area contributed by atoms with Crippen molar-refractivity contribution in [2.45, 2.75) is 13.3 Å². The maximum absolute atomic E-state index is 9.63. The molecule has 0 saturated heterocycles. The zero-order valence-electron chi connectivity index (χ0n) is 24.5. The van der Waals surface area contributed by atoms with Crippen LogP contribution in [0.1, 0.15) is 29.7 Å². The molecule has 6 aliphatic rings. The van der Waals surface area contributed by atoms with E-state index in [1.54, 1.807) is 0 Å². The first-order valence-electron chi connectivity index (χ1n) is 14.9. The lowest BCUT2D eigenvalue weighted by atomic mass is 10.1. The van der Waals surface area contributed by atoms with Crippen LogP contribution in [0, 0.1) is 0 Å². The first-order chi connectivity index (χ1) is 22.4. The van der Waals surface area contributed by atoms with Crippen LogP contribution in [-0.2, 0) is 15.7 Å². The molecular formula is C36H26N8O2S+2. The Morgan fingerprint density at radius 1 is 0.532 bits per heavy atom. The summed E-state index contributed by atoms with van der Waals surface area (Å²) in [4.78, 5) is 21.7. The van der Waals surface area contributed by atoms with E-state index in [0.29, 0.717) is 0 Å². The van der Waals surface area contributed by atoms with Crippen molar-refractivity contribution in [1.82, 2.24) is 9.13 Å². The number of aliphatic imine (C=N–C) groups is 2. The third-order valence-electron chi connectivity index (χ3n) is 9.38. The lowest BCUT2D eigenvalue weighted by Crippen LogP contribution is -2.71. The van der Waals surface area contributed by atoms with E-state index in [-0.39, 0.29) is 7.43 Å². The predicted molar refractivity (Wildman–Crippen MR) is 181 cm³/mol. The van der Waals surface area contributed by atoms with Crippen LogP contribution >= 0.6 is 0 Å². The van der Waals surface area contributed by atoms with Crippen molar-refractivity contribution < 1.29 is 17.6 Å². The highest BCUT2D eigenvalue weighted by Crippen LogP contribution is 2.52. The van der Waals surface area contributed by atoms with E-state index < -0.39 is 15.7 Å². The molecule has 6 aliphatic heterocycles. The van der Waals surface area contributed by atoms with Crippen LogP contribution < -0.4 is 11.0 Å². The second-order valence-corrected chi connectivity index (χ2v) is 14.6. The summed E-state index contributed by atoms with van der Waals surface area (Å²) in [6.45, 7) is 0. The number of hydrogen-bond acceptors (Lipinski definition) is 6. The standard InChI is InChI=1S/C33H16N8.C2H6O2S.CH4/c1-2-10-18-17(9-1)25-34-27-19-11-3-4-12-20(19)29-36-31-23-15-7-8-16-24(23)32-37-30-22-14-6-5-13-21(22)28-35-26(18)38(25)33(39(27)29,40(28)30)41(31)32;1-5(2,3)4;/h1-16H;1-2H3;1H4/q+2;;. The molecule has 6 aromatic rings. The molecule has 0 bridgehead atoms. The van der Waals surface area contributed by atoms with Crippen LogP contribution in [0.5, 0.6) is 0 Å². The zero-order chi connectivity index (χ0) is 30.7. The summed E-state index contributed by atoms with van der Waals surface area (Å²) in [5, 5.41) is 4.33. The molecule has 0 radical (unpaired) electrons. The van der Waals surface area contributed by atoms with Gasteiger partial charge in [-0.05, 0) is 48.5 Å². The monoisotopic (exact) mass is 634 g/mol. The van der Waals surface area contributed by atoms with Crippen LogP contribution in [0.4, 0.5) is 11.6 Å². The highest BCUT2D eigenvalue weighted by atomic mass is 32.2. The number of rotatable bonds is 0. The van der Waals surface area contributed by atoms with Gasteiger partial charge in [-0.15, -0.1) is 9.15 Å². The number of fused-ring (bicyclic) bond motifs is 12. The number of amidine groups is 4. The maximum Gasteiger partial charge on any atom is 0.404 e. The van der Waals surface area contributed by atoms with Crippen molar-refractivity contribution in [3.8, 4) is 0 Å². The molecule has 226 valence electrons. The predicted octanol–water partition coefficient (Wildman–Crippen LogP) is 4.00. The SMILES string of the molecule is C.CS(C)(=O)=O.c1ccc2c(c1)C1=Nc3c4ccccc4c4n3C35n6c(c7ccccc7c6=NC6=[N+]3C(=N4)c3ccccc36)=NC2=[N+]15. The molecule has 12 rings (SSSR count). The van der Waals surface area contributed by atoms with Crippen LogP contribution in [0.3, 0.4) is 0 Å². The van der Waals surface area contributed by atoms with E-state index in [1.807, 2.05) is 0 Å². The molecule has 0 N–H and O–H groups in total. The highest BCUT2D eigenvalue weighted by molar-refractivity contribution is 7.89. The maximum atomic E-state index is 9.63. The minimum atomic E-state index is -2.67. The Balaban J connectivity index is 0.000000446. The molecule has 10 nitrogen and oxygen atoms in total. The number of nitrogens with zero attached hydrogens (tertiary/aromatic N) is 8. The lowest BCUT2D eigenvalue weighted by Gasteiger charge is -2.40. The highest BCUT2D eigenvalue weighted by Gasteiger charge is 2.69. The van der Waals surface area contributed by atoms with Gasteiger partial charge in [-0.1, -0.05) is 75.9 Å². The minimum absolute atomic E-state index is 0. The van der Waals surface area contributed by atoms with Crippen molar-refractivity contribution in [3.63, 3.8) is 0 Å². The van der Waals surface area contributed by atoms with Gasteiger partial charge < -0.3 is 0 Å². The molecular weight excluding hydrogens is 609 g/mol. The Morgan fingerprint density at radius 2 is 0.894 bits per heavy atom. The Kier molecular flexibility index (Phi) is 4.67. The fourth-order valence-corrected chi connectivity index (χ4v) is 7.88. The average molecular weight is 635 g/mol. The zero-order valence-corrected chi connectivity index (χ0v) is 25.4. The quantitative estimate of drug-likeness (QED) is 0.236. The summed E-state index contributed by atoms with van der Waals surface area (Å²) in [5.41, 5.74) is 6.13. The number of sulfone groups is 1. The summed E-state index contributed by atoms with van der Waals surface area (Å²) < 4.78 is 28.6. The summed E-state index contributed by atoms with van der Waals surface area (Å²) in [7, 11) is -2.67. The molecule has 0 unspecified atom stereocenters. The second-order valence-electron chi connectivity index (χ2n) is 12.3. The molecule has 0 saturated carbocycles. The van der Waals surface area contributed by atoms with Crippen LogP contribution in [0.25, 0.3) is 21.5 Å². The first kappa shape index (κ1) is 26.4. The van der Waals surface area contributed by atoms with Gasteiger partial charge in [-0.3, -0.25) is 0 Å². The fraction of sp³-hybridized carbons (Fsp3) is 0.111. The van der Waals surface area contributed by atoms with E-state index in [9.17, 15) is 8.42 Å². The number of aromatic nitrogens is 2. The molecule has 0 aliphatic carbocycles. The lowest BCUT2D eigenvalue weighted by molar-refractivity contribution is -0.790. The van der Waals surface area contributed by atoms with Crippen molar-refractivity contribution in [3.05, 3.63) is 130 Å². The van der Waals surface area contributed by atoms with Gasteiger partial charge in [0.05, 0.1) is 22.3 Å². The molecule has 0 atom stereocenters. The van der Waals surface area contributed by atoms with Crippen molar-refractivity contribution in [2.24, 2.45) is 20.0 Å². The first-order valence-corrected chi connectivity index (χ1v) is 17.2. The minimum Gasteiger partial charge on any atom is -0.229 e. The van der Waals surface area contributed by atoms with E-state index >= 15 is 0 Å². The van der Waals surface area contributed by atoms with Gasteiger partial charge in [0.2, 0.25) is 22.6 Å².